The van der Waals surface area contributed by atoms with E-state index < -0.39 is 17.8 Å². The first-order chi connectivity index (χ1) is 14.6. The molecular formula is C25H28N2O4. The van der Waals surface area contributed by atoms with Crippen molar-refractivity contribution in [1.82, 2.24) is 0 Å². The van der Waals surface area contributed by atoms with Crippen LogP contribution in [-0.2, 0) is 4.74 Å². The second-order valence-corrected chi connectivity index (χ2v) is 7.81. The summed E-state index contributed by atoms with van der Waals surface area (Å²) in [4.78, 5) is 26.4. The van der Waals surface area contributed by atoms with Crippen molar-refractivity contribution in [3.8, 4) is 12.3 Å². The van der Waals surface area contributed by atoms with Crippen molar-refractivity contribution in [3.63, 3.8) is 0 Å². The number of carboxylic acid groups (broad SMARTS) is 1. The molecule has 0 saturated heterocycles. The number of nitrogens with zero attached hydrogens (tertiary/aromatic N) is 2. The first-order valence-electron chi connectivity index (χ1n) is 9.97. The van der Waals surface area contributed by atoms with E-state index in [2.05, 4.69) is 5.92 Å². The largest absolute Gasteiger partial charge is 0.465 e. The van der Waals surface area contributed by atoms with Crippen molar-refractivity contribution in [1.29, 1.82) is 0 Å². The molecule has 6 heteroatoms. The molecular weight excluding hydrogens is 392 g/mol. The van der Waals surface area contributed by atoms with E-state index >= 15 is 0 Å². The molecule has 0 bridgehead atoms. The highest BCUT2D eigenvalue weighted by molar-refractivity contribution is 5.89. The van der Waals surface area contributed by atoms with E-state index in [1.54, 1.807) is 39.8 Å². The summed E-state index contributed by atoms with van der Waals surface area (Å²) in [7, 11) is 0. The Morgan fingerprint density at radius 3 is 1.77 bits per heavy atom. The van der Waals surface area contributed by atoms with E-state index in [0.29, 0.717) is 17.9 Å². The van der Waals surface area contributed by atoms with Gasteiger partial charge in [-0.15, -0.1) is 6.42 Å². The molecule has 2 aromatic rings. The van der Waals surface area contributed by atoms with Crippen LogP contribution in [0.4, 0.5) is 21.0 Å². The summed E-state index contributed by atoms with van der Waals surface area (Å²) in [6.45, 7) is 7.71. The minimum Gasteiger partial charge on any atom is -0.465 e. The number of carbonyl (C=O) groups excluding carboxylic acids is 1. The third-order valence-corrected chi connectivity index (χ3v) is 4.29. The Kier molecular flexibility index (Phi) is 7.87. The zero-order valence-corrected chi connectivity index (χ0v) is 18.3. The number of hydrogen-bond donors (Lipinski definition) is 1. The molecule has 0 aromatic heterocycles. The van der Waals surface area contributed by atoms with Gasteiger partial charge in [-0.1, -0.05) is 42.3 Å². The fourth-order valence-electron chi connectivity index (χ4n) is 2.82. The Morgan fingerprint density at radius 1 is 0.968 bits per heavy atom. The molecule has 31 heavy (non-hydrogen) atoms. The zero-order chi connectivity index (χ0) is 23.0. The van der Waals surface area contributed by atoms with E-state index in [1.165, 1.54) is 9.80 Å². The molecule has 162 valence electrons. The van der Waals surface area contributed by atoms with E-state index in [-0.39, 0.29) is 6.54 Å². The number of benzene rings is 2. The summed E-state index contributed by atoms with van der Waals surface area (Å²) >= 11 is 0. The molecule has 2 amide bonds. The van der Waals surface area contributed by atoms with Gasteiger partial charge in [0.1, 0.15) is 5.60 Å². The van der Waals surface area contributed by atoms with Gasteiger partial charge in [0.2, 0.25) is 0 Å². The SMILES string of the molecule is C#CCN(C(=O)OC(C)(C)C)c1ccc(/C=C/c2ccc(N(CC)C(=O)O)cc2)cc1. The first kappa shape index (κ1) is 23.6. The lowest BCUT2D eigenvalue weighted by Gasteiger charge is -2.26. The molecule has 0 heterocycles. The highest BCUT2D eigenvalue weighted by Crippen LogP contribution is 2.21. The molecule has 0 aliphatic rings. The Labute approximate surface area is 183 Å². The molecule has 0 spiro atoms. The molecule has 1 N–H and O–H groups in total. The van der Waals surface area contributed by atoms with Gasteiger partial charge in [0.15, 0.2) is 0 Å². The van der Waals surface area contributed by atoms with Crippen LogP contribution in [0.3, 0.4) is 0 Å². The quantitative estimate of drug-likeness (QED) is 0.478. The standard InChI is InChI=1S/C25H28N2O4/c1-6-18-27(24(30)31-25(3,4)5)22-16-12-20(13-17-22)9-8-19-10-14-21(15-11-19)26(7-2)23(28)29/h1,8-17H,7,18H2,2-5H3,(H,28,29)/b9-8+. The van der Waals surface area contributed by atoms with Crippen molar-refractivity contribution < 1.29 is 19.4 Å². The third-order valence-electron chi connectivity index (χ3n) is 4.29. The summed E-state index contributed by atoms with van der Waals surface area (Å²) in [6, 6.07) is 14.7. The summed E-state index contributed by atoms with van der Waals surface area (Å²) in [5.74, 6) is 2.49. The van der Waals surface area contributed by atoms with Gasteiger partial charge in [-0.05, 0) is 63.1 Å². The van der Waals surface area contributed by atoms with E-state index in [4.69, 9.17) is 11.2 Å². The Hall–Kier alpha value is -3.72. The fourth-order valence-corrected chi connectivity index (χ4v) is 2.82. The lowest BCUT2D eigenvalue weighted by Crippen LogP contribution is -2.37. The van der Waals surface area contributed by atoms with Crippen LogP contribution in [-0.4, -0.2) is 36.0 Å². The van der Waals surface area contributed by atoms with Crippen LogP contribution in [0.5, 0.6) is 0 Å². The summed E-state index contributed by atoms with van der Waals surface area (Å²) in [5.41, 5.74) is 2.56. The number of hydrogen-bond acceptors (Lipinski definition) is 3. The topological polar surface area (TPSA) is 70.1 Å². The average Bonchev–Trinajstić information content (AvgIpc) is 2.71. The number of amides is 2. The normalized spacial score (nSPS) is 11.1. The second kappa shape index (κ2) is 10.4. The minimum atomic E-state index is -0.976. The van der Waals surface area contributed by atoms with Crippen LogP contribution < -0.4 is 9.80 Å². The van der Waals surface area contributed by atoms with E-state index in [0.717, 1.165) is 11.1 Å². The predicted molar refractivity (Wildman–Crippen MR) is 125 cm³/mol. The molecule has 0 aliphatic heterocycles. The van der Waals surface area contributed by atoms with Gasteiger partial charge in [0.25, 0.3) is 0 Å². The third kappa shape index (κ3) is 6.93. The highest BCUT2D eigenvalue weighted by Gasteiger charge is 2.22. The maximum absolute atomic E-state index is 12.4. The summed E-state index contributed by atoms with van der Waals surface area (Å²) < 4.78 is 5.43. The number of anilines is 2. The van der Waals surface area contributed by atoms with Gasteiger partial charge in [-0.25, -0.2) is 9.59 Å². The lowest BCUT2D eigenvalue weighted by molar-refractivity contribution is 0.0585. The lowest BCUT2D eigenvalue weighted by atomic mass is 10.1. The summed E-state index contributed by atoms with van der Waals surface area (Å²) in [6.07, 6.45) is 7.82. The number of terminal acetylenes is 1. The Balaban J connectivity index is 2.12. The molecule has 0 fully saturated rings. The molecule has 0 atom stereocenters. The van der Waals surface area contributed by atoms with Gasteiger partial charge in [0, 0.05) is 17.9 Å². The van der Waals surface area contributed by atoms with Crippen LogP contribution in [0.1, 0.15) is 38.8 Å². The van der Waals surface area contributed by atoms with Crippen LogP contribution in [0.2, 0.25) is 0 Å². The monoisotopic (exact) mass is 420 g/mol. The van der Waals surface area contributed by atoms with Crippen LogP contribution in [0.15, 0.2) is 48.5 Å². The van der Waals surface area contributed by atoms with E-state index in [9.17, 15) is 14.7 Å². The van der Waals surface area contributed by atoms with Crippen LogP contribution in [0.25, 0.3) is 12.2 Å². The van der Waals surface area contributed by atoms with Crippen molar-refractivity contribution in [2.24, 2.45) is 0 Å². The number of ether oxygens (including phenoxy) is 1. The average molecular weight is 421 g/mol. The van der Waals surface area contributed by atoms with Gasteiger partial charge in [0.05, 0.1) is 6.54 Å². The predicted octanol–water partition coefficient (Wildman–Crippen LogP) is 5.74. The molecule has 2 aromatic carbocycles. The second-order valence-electron chi connectivity index (χ2n) is 7.81. The van der Waals surface area contributed by atoms with Crippen molar-refractivity contribution in [3.05, 3.63) is 59.7 Å². The Bertz CT molecular complexity index is 965. The number of carbonyl (C=O) groups is 2. The number of rotatable bonds is 6. The van der Waals surface area contributed by atoms with Crippen LogP contribution in [0, 0.1) is 12.3 Å². The van der Waals surface area contributed by atoms with Gasteiger partial charge < -0.3 is 9.84 Å². The van der Waals surface area contributed by atoms with Gasteiger partial charge in [-0.3, -0.25) is 9.80 Å². The van der Waals surface area contributed by atoms with E-state index in [1.807, 2.05) is 48.6 Å². The molecule has 0 saturated carbocycles. The molecule has 0 aliphatic carbocycles. The van der Waals surface area contributed by atoms with Crippen molar-refractivity contribution in [2.75, 3.05) is 22.9 Å². The van der Waals surface area contributed by atoms with Crippen LogP contribution >= 0.6 is 0 Å². The van der Waals surface area contributed by atoms with Crippen molar-refractivity contribution >= 4 is 35.7 Å². The first-order valence-corrected chi connectivity index (χ1v) is 9.97. The zero-order valence-electron chi connectivity index (χ0n) is 18.3. The smallest absolute Gasteiger partial charge is 0.415 e. The molecule has 0 radical (unpaired) electrons. The molecule has 6 nitrogen and oxygen atoms in total. The highest BCUT2D eigenvalue weighted by atomic mass is 16.6. The van der Waals surface area contributed by atoms with Crippen molar-refractivity contribution in [2.45, 2.75) is 33.3 Å². The fraction of sp³-hybridized carbons (Fsp3) is 0.280. The maximum atomic E-state index is 12.4. The van der Waals surface area contributed by atoms with Gasteiger partial charge in [-0.2, -0.15) is 0 Å². The van der Waals surface area contributed by atoms with Gasteiger partial charge >= 0.3 is 12.2 Å². The molecule has 0 unspecified atom stereocenters. The molecule has 2 rings (SSSR count). The maximum Gasteiger partial charge on any atom is 0.415 e. The minimum absolute atomic E-state index is 0.113. The summed E-state index contributed by atoms with van der Waals surface area (Å²) in [5, 5.41) is 9.20. The Morgan fingerprint density at radius 2 is 1.42 bits per heavy atom.